The standard InChI is InChI=1S/C50H60FN7O7S2Si/c1-34-29-44(55-56-46(34)54-49-58(33-62-27-28-68(6,7)8)40-14-9-10-15-42(40)66-49)57(25-23-38-32-64-50(2,3)65-38)48-53-45(47(59)61-5)43(67-48)16-12-26-63-41-22-19-35(30-39(41)51)13-11-24-52-31-36-17-20-37(60-4)21-18-36/h9-10,14-15,17-22,29-30,38,52H,12,16,23-28,31-33H2,1-8H3/b54-49-. The molecule has 1 N–H and O–H groups in total. The summed E-state index contributed by atoms with van der Waals surface area (Å²) < 4.78 is 52.8. The van der Waals surface area contributed by atoms with Crippen LogP contribution in [0.25, 0.3) is 10.2 Å². The van der Waals surface area contributed by atoms with Crippen molar-refractivity contribution < 1.29 is 37.6 Å². The first-order valence-electron chi connectivity index (χ1n) is 22.7. The maximum absolute atomic E-state index is 15.1. The molecule has 0 saturated carbocycles. The SMILES string of the molecule is COC(=O)c1nc(N(CCC2COC(C)(C)O2)c2cc(C)c(/N=c3\sc4ccccc4n3COCC[Si](C)(C)C)nn2)sc1CCCOc1ccc(C#CCNCc2ccc(OC)cc2)cc1F. The van der Waals surface area contributed by atoms with E-state index >= 15 is 4.39 Å². The number of methoxy groups -OCH3 is 2. The highest BCUT2D eigenvalue weighted by atomic mass is 32.1. The zero-order chi connectivity index (χ0) is 48.3. The van der Waals surface area contributed by atoms with E-state index in [1.165, 1.54) is 24.5 Å². The number of aryl methyl sites for hydroxylation is 2. The molecule has 0 bridgehead atoms. The van der Waals surface area contributed by atoms with E-state index in [0.29, 0.717) is 86.0 Å². The van der Waals surface area contributed by atoms with E-state index in [2.05, 4.69) is 58.6 Å². The van der Waals surface area contributed by atoms with E-state index < -0.39 is 25.6 Å². The summed E-state index contributed by atoms with van der Waals surface area (Å²) in [5, 5.41) is 13.2. The van der Waals surface area contributed by atoms with Crippen molar-refractivity contribution in [3.63, 3.8) is 0 Å². The largest absolute Gasteiger partial charge is 0.497 e. The molecule has 0 aliphatic carbocycles. The highest BCUT2D eigenvalue weighted by Gasteiger charge is 2.33. The summed E-state index contributed by atoms with van der Waals surface area (Å²) in [7, 11) is 1.71. The van der Waals surface area contributed by atoms with Crippen LogP contribution < -0.4 is 24.5 Å². The van der Waals surface area contributed by atoms with E-state index in [9.17, 15) is 4.79 Å². The Labute approximate surface area is 406 Å². The van der Waals surface area contributed by atoms with Gasteiger partial charge >= 0.3 is 5.97 Å². The monoisotopic (exact) mass is 981 g/mol. The Bertz CT molecular complexity index is 2800. The zero-order valence-corrected chi connectivity index (χ0v) is 42.7. The lowest BCUT2D eigenvalue weighted by atomic mass is 10.2. The van der Waals surface area contributed by atoms with Gasteiger partial charge in [-0.05, 0) is 106 Å². The number of anilines is 2. The molecule has 0 spiro atoms. The van der Waals surface area contributed by atoms with Crippen molar-refractivity contribution in [3.05, 3.63) is 111 Å². The van der Waals surface area contributed by atoms with Crippen molar-refractivity contribution in [3.8, 4) is 23.3 Å². The number of hydrogen-bond donors (Lipinski definition) is 1. The van der Waals surface area contributed by atoms with Crippen LogP contribution in [-0.4, -0.2) is 92.8 Å². The third-order valence-electron chi connectivity index (χ3n) is 10.9. The number of benzene rings is 3. The minimum absolute atomic E-state index is 0.121. The molecule has 3 aromatic heterocycles. The summed E-state index contributed by atoms with van der Waals surface area (Å²) in [5.41, 5.74) is 3.69. The molecule has 1 atom stereocenters. The highest BCUT2D eigenvalue weighted by Crippen LogP contribution is 2.35. The molecular weight excluding hydrogens is 922 g/mol. The molecule has 1 aliphatic heterocycles. The Morgan fingerprint density at radius 3 is 2.59 bits per heavy atom. The molecule has 18 heteroatoms. The fourth-order valence-corrected chi connectivity index (χ4v) is 10.1. The lowest BCUT2D eigenvalue weighted by Crippen LogP contribution is -2.26. The zero-order valence-electron chi connectivity index (χ0n) is 40.0. The molecule has 1 saturated heterocycles. The highest BCUT2D eigenvalue weighted by molar-refractivity contribution is 7.16. The molecule has 1 unspecified atom stereocenters. The molecule has 1 fully saturated rings. The van der Waals surface area contributed by atoms with Gasteiger partial charge in [-0.15, -0.1) is 21.5 Å². The second kappa shape index (κ2) is 23.2. The average molecular weight is 982 g/mol. The number of para-hydroxylation sites is 1. The van der Waals surface area contributed by atoms with Crippen LogP contribution in [0.5, 0.6) is 11.5 Å². The van der Waals surface area contributed by atoms with Crippen LogP contribution in [0.1, 0.15) is 58.7 Å². The van der Waals surface area contributed by atoms with Gasteiger partial charge in [-0.3, -0.25) is 4.57 Å². The number of carbonyl (C=O) groups is 1. The minimum atomic E-state index is -1.26. The average Bonchev–Trinajstić information content (AvgIpc) is 4.01. The molecule has 3 aromatic carbocycles. The number of halogens is 1. The minimum Gasteiger partial charge on any atom is -0.497 e. The van der Waals surface area contributed by atoms with Crippen LogP contribution in [0.15, 0.2) is 77.8 Å². The van der Waals surface area contributed by atoms with E-state index in [0.717, 1.165) is 37.9 Å². The predicted molar refractivity (Wildman–Crippen MR) is 268 cm³/mol. The fourth-order valence-electron chi connectivity index (χ4n) is 7.20. The first-order chi connectivity index (χ1) is 32.7. The first-order valence-corrected chi connectivity index (χ1v) is 28.0. The third-order valence-corrected chi connectivity index (χ3v) is 14.8. The van der Waals surface area contributed by atoms with Gasteiger partial charge in [-0.25, -0.2) is 14.2 Å². The number of esters is 1. The Balaban J connectivity index is 1.05. The van der Waals surface area contributed by atoms with Gasteiger partial charge in [0.05, 0.1) is 50.3 Å². The molecule has 360 valence electrons. The Kier molecular flexibility index (Phi) is 17.2. The van der Waals surface area contributed by atoms with E-state index in [1.54, 1.807) is 30.6 Å². The smallest absolute Gasteiger partial charge is 0.357 e. The van der Waals surface area contributed by atoms with Gasteiger partial charge in [0, 0.05) is 38.2 Å². The molecule has 68 heavy (non-hydrogen) atoms. The summed E-state index contributed by atoms with van der Waals surface area (Å²) in [6.45, 7) is 16.0. The van der Waals surface area contributed by atoms with Gasteiger partial charge in [-0.2, -0.15) is 4.99 Å². The van der Waals surface area contributed by atoms with Crippen LogP contribution >= 0.6 is 22.7 Å². The maximum Gasteiger partial charge on any atom is 0.357 e. The summed E-state index contributed by atoms with van der Waals surface area (Å²) in [5.74, 6) is 6.22. The number of ether oxygens (including phenoxy) is 6. The van der Waals surface area contributed by atoms with Gasteiger partial charge in [0.1, 0.15) is 12.5 Å². The summed E-state index contributed by atoms with van der Waals surface area (Å²) in [4.78, 5) is 26.4. The van der Waals surface area contributed by atoms with Crippen molar-refractivity contribution >= 4 is 63.7 Å². The number of aromatic nitrogens is 4. The van der Waals surface area contributed by atoms with Crippen molar-refractivity contribution in [2.24, 2.45) is 4.99 Å². The van der Waals surface area contributed by atoms with E-state index in [1.807, 2.05) is 68.1 Å². The predicted octanol–water partition coefficient (Wildman–Crippen LogP) is 9.57. The van der Waals surface area contributed by atoms with E-state index in [-0.39, 0.29) is 24.2 Å². The topological polar surface area (TPSA) is 144 Å². The molecule has 14 nitrogen and oxygen atoms in total. The Morgan fingerprint density at radius 2 is 1.87 bits per heavy atom. The first kappa shape index (κ1) is 50.4. The van der Waals surface area contributed by atoms with Crippen LogP contribution in [0.3, 0.4) is 0 Å². The number of nitrogens with zero attached hydrogens (tertiary/aromatic N) is 6. The summed E-state index contributed by atoms with van der Waals surface area (Å²) >= 11 is 2.93. The lowest BCUT2D eigenvalue weighted by Gasteiger charge is -2.23. The second-order valence-corrected chi connectivity index (χ2v) is 25.6. The number of nitrogens with one attached hydrogen (secondary N) is 1. The van der Waals surface area contributed by atoms with Crippen LogP contribution in [-0.2, 0) is 38.6 Å². The molecule has 1 aliphatic rings. The van der Waals surface area contributed by atoms with Crippen LogP contribution in [0, 0.1) is 24.6 Å². The number of thiazole rings is 2. The molecule has 4 heterocycles. The molecular formula is C50H60FN7O7S2Si. The van der Waals surface area contributed by atoms with Crippen LogP contribution in [0.2, 0.25) is 25.7 Å². The number of rotatable bonds is 21. The van der Waals surface area contributed by atoms with Crippen molar-refractivity contribution in [2.75, 3.05) is 52.0 Å². The lowest BCUT2D eigenvalue weighted by molar-refractivity contribution is -0.138. The molecule has 7 rings (SSSR count). The summed E-state index contributed by atoms with van der Waals surface area (Å²) in [6.07, 6.45) is 1.32. The molecule has 6 aromatic rings. The van der Waals surface area contributed by atoms with Crippen LogP contribution in [0.4, 0.5) is 21.2 Å². The van der Waals surface area contributed by atoms with Gasteiger partial charge in [0.25, 0.3) is 0 Å². The maximum atomic E-state index is 15.1. The fraction of sp³-hybridized carbons (Fsp3) is 0.420. The van der Waals surface area contributed by atoms with Crippen molar-refractivity contribution in [2.45, 2.75) is 90.9 Å². The van der Waals surface area contributed by atoms with Gasteiger partial charge in [-0.1, -0.05) is 67.1 Å². The number of carbonyl (C=O) groups excluding carboxylic acids is 1. The number of hydrogen-bond acceptors (Lipinski definition) is 15. The molecule has 0 amide bonds. The van der Waals surface area contributed by atoms with Gasteiger partial charge in [0.15, 0.2) is 44.6 Å². The molecule has 0 radical (unpaired) electrons. The van der Waals surface area contributed by atoms with E-state index in [4.69, 9.17) is 43.5 Å². The van der Waals surface area contributed by atoms with Crippen molar-refractivity contribution in [1.29, 1.82) is 0 Å². The Morgan fingerprint density at radius 1 is 1.06 bits per heavy atom. The Hall–Kier alpha value is -5.52. The van der Waals surface area contributed by atoms with Crippen molar-refractivity contribution in [1.82, 2.24) is 25.1 Å². The normalized spacial score (nSPS) is 14.8. The van der Waals surface area contributed by atoms with Gasteiger partial charge in [0.2, 0.25) is 0 Å². The number of fused-ring (bicyclic) bond motifs is 1. The second-order valence-electron chi connectivity index (χ2n) is 18.0. The van der Waals surface area contributed by atoms with Gasteiger partial charge < -0.3 is 38.6 Å². The quantitative estimate of drug-likeness (QED) is 0.0318. The summed E-state index contributed by atoms with van der Waals surface area (Å²) in [6, 6.07) is 23.7. The third kappa shape index (κ3) is 13.8.